The Labute approximate surface area is 78.9 Å². The molecule has 0 aromatic heterocycles. The molecule has 2 fully saturated rings. The summed E-state index contributed by atoms with van der Waals surface area (Å²) in [5, 5.41) is 0. The van der Waals surface area contributed by atoms with Crippen molar-refractivity contribution in [3.8, 4) is 0 Å². The monoisotopic (exact) mass is 186 g/mol. The van der Waals surface area contributed by atoms with E-state index in [9.17, 15) is 0 Å². The second-order valence-corrected chi connectivity index (χ2v) is 5.03. The average molecular weight is 186 g/mol. The lowest BCUT2D eigenvalue weighted by atomic mass is 10.2. The van der Waals surface area contributed by atoms with E-state index < -0.39 is 0 Å². The predicted octanol–water partition coefficient (Wildman–Crippen LogP) is 0.913. The minimum absolute atomic E-state index is 0.600. The first-order valence-corrected chi connectivity index (χ1v) is 6.03. The fraction of sp³-hybridized carbons (Fsp3) is 1.00. The summed E-state index contributed by atoms with van der Waals surface area (Å²) >= 11 is 2.06. The van der Waals surface area contributed by atoms with Crippen LogP contribution in [0.3, 0.4) is 0 Å². The van der Waals surface area contributed by atoms with E-state index in [1.165, 1.54) is 24.3 Å². The minimum atomic E-state index is 0.600. The summed E-state index contributed by atoms with van der Waals surface area (Å²) in [7, 11) is 0. The third kappa shape index (κ3) is 1.63. The molecule has 1 saturated carbocycles. The molecule has 0 aromatic rings. The number of nitrogens with two attached hydrogens (primary N) is 1. The topological polar surface area (TPSA) is 29.3 Å². The molecule has 3 heteroatoms. The smallest absolute Gasteiger partial charge is 0.0283 e. The van der Waals surface area contributed by atoms with E-state index in [4.69, 9.17) is 5.73 Å². The van der Waals surface area contributed by atoms with Gasteiger partial charge in [0, 0.05) is 36.2 Å². The van der Waals surface area contributed by atoms with Gasteiger partial charge in [0.25, 0.3) is 0 Å². The average Bonchev–Trinajstić information content (AvgIpc) is 2.77. The van der Waals surface area contributed by atoms with Gasteiger partial charge in [0.1, 0.15) is 0 Å². The third-order valence-corrected chi connectivity index (χ3v) is 4.10. The van der Waals surface area contributed by atoms with Crippen LogP contribution >= 0.6 is 11.8 Å². The summed E-state index contributed by atoms with van der Waals surface area (Å²) in [6, 6.07) is 2.33. The van der Waals surface area contributed by atoms with Gasteiger partial charge in [-0.15, -0.1) is 0 Å². The number of nitrogens with zero attached hydrogens (tertiary/aromatic N) is 1. The van der Waals surface area contributed by atoms with Gasteiger partial charge in [0.15, 0.2) is 0 Å². The lowest BCUT2D eigenvalue weighted by Crippen LogP contribution is -2.52. The number of hydrogen-bond acceptors (Lipinski definition) is 3. The summed E-state index contributed by atoms with van der Waals surface area (Å²) in [6.07, 6.45) is 2.82. The van der Waals surface area contributed by atoms with Gasteiger partial charge < -0.3 is 5.73 Å². The van der Waals surface area contributed by atoms with Gasteiger partial charge in [-0.25, -0.2) is 0 Å². The number of thioether (sulfide) groups is 1. The third-order valence-electron chi connectivity index (χ3n) is 2.86. The van der Waals surface area contributed by atoms with Crippen molar-refractivity contribution >= 4 is 11.8 Å². The zero-order chi connectivity index (χ0) is 8.55. The molecular weight excluding hydrogens is 168 g/mol. The lowest BCUT2D eigenvalue weighted by Gasteiger charge is -2.40. The summed E-state index contributed by atoms with van der Waals surface area (Å²) in [4.78, 5) is 2.66. The highest BCUT2D eigenvalue weighted by molar-refractivity contribution is 8.00. The van der Waals surface area contributed by atoms with Gasteiger partial charge in [-0.2, -0.15) is 11.8 Å². The van der Waals surface area contributed by atoms with Crippen molar-refractivity contribution in [2.24, 2.45) is 5.73 Å². The quantitative estimate of drug-likeness (QED) is 0.708. The van der Waals surface area contributed by atoms with E-state index in [0.29, 0.717) is 6.04 Å². The first-order valence-electron chi connectivity index (χ1n) is 4.88. The molecule has 1 saturated heterocycles. The van der Waals surface area contributed by atoms with Crippen LogP contribution in [0, 0.1) is 0 Å². The highest BCUT2D eigenvalue weighted by Gasteiger charge is 2.38. The van der Waals surface area contributed by atoms with Crippen molar-refractivity contribution < 1.29 is 0 Å². The van der Waals surface area contributed by atoms with E-state index in [1.807, 2.05) is 0 Å². The maximum Gasteiger partial charge on any atom is 0.0283 e. The van der Waals surface area contributed by atoms with E-state index in [2.05, 4.69) is 23.6 Å². The summed E-state index contributed by atoms with van der Waals surface area (Å²) in [5.41, 5.74) is 5.71. The fourth-order valence-corrected chi connectivity index (χ4v) is 2.70. The molecule has 1 heterocycles. The molecule has 2 aliphatic rings. The Hall–Kier alpha value is 0.270. The van der Waals surface area contributed by atoms with Crippen molar-refractivity contribution in [1.82, 2.24) is 4.90 Å². The van der Waals surface area contributed by atoms with Gasteiger partial charge in [-0.1, -0.05) is 0 Å². The Kier molecular flexibility index (Phi) is 2.63. The summed E-state index contributed by atoms with van der Waals surface area (Å²) < 4.78 is 0. The van der Waals surface area contributed by atoms with E-state index in [-0.39, 0.29) is 0 Å². The second kappa shape index (κ2) is 3.56. The molecule has 12 heavy (non-hydrogen) atoms. The first kappa shape index (κ1) is 8.85. The molecular formula is C9H18N2S. The highest BCUT2D eigenvalue weighted by Crippen LogP contribution is 2.35. The van der Waals surface area contributed by atoms with Gasteiger partial charge in [-0.05, 0) is 19.8 Å². The van der Waals surface area contributed by atoms with Crippen LogP contribution in [0.25, 0.3) is 0 Å². The zero-order valence-electron chi connectivity index (χ0n) is 7.70. The molecule has 1 unspecified atom stereocenters. The maximum atomic E-state index is 5.71. The van der Waals surface area contributed by atoms with Gasteiger partial charge in [0.2, 0.25) is 0 Å². The Bertz CT molecular complexity index is 150. The molecule has 1 atom stereocenters. The van der Waals surface area contributed by atoms with Crippen LogP contribution in [0.15, 0.2) is 0 Å². The maximum absolute atomic E-state index is 5.71. The molecule has 2 rings (SSSR count). The number of hydrogen-bond donors (Lipinski definition) is 1. The molecule has 2 nitrogen and oxygen atoms in total. The zero-order valence-corrected chi connectivity index (χ0v) is 8.52. The van der Waals surface area contributed by atoms with Gasteiger partial charge >= 0.3 is 0 Å². The fourth-order valence-electron chi connectivity index (χ4n) is 1.91. The molecule has 0 aromatic carbocycles. The van der Waals surface area contributed by atoms with Crippen molar-refractivity contribution in [3.63, 3.8) is 0 Å². The molecule has 1 aliphatic heterocycles. The van der Waals surface area contributed by atoms with Crippen molar-refractivity contribution in [1.29, 1.82) is 0 Å². The SMILES string of the molecule is CC(CN)N(C1CC1)C1CSC1. The van der Waals surface area contributed by atoms with Crippen LogP contribution in [0.2, 0.25) is 0 Å². The minimum Gasteiger partial charge on any atom is -0.329 e. The Morgan fingerprint density at radius 3 is 2.42 bits per heavy atom. The Morgan fingerprint density at radius 1 is 1.42 bits per heavy atom. The van der Waals surface area contributed by atoms with Crippen LogP contribution < -0.4 is 5.73 Å². The number of rotatable bonds is 4. The molecule has 0 radical (unpaired) electrons. The standard InChI is InChI=1S/C9H18N2S/c1-7(4-10)11(8-2-3-8)9-5-12-6-9/h7-9H,2-6,10H2,1H3. The Morgan fingerprint density at radius 2 is 2.08 bits per heavy atom. The summed E-state index contributed by atoms with van der Waals surface area (Å²) in [5.74, 6) is 2.67. The van der Waals surface area contributed by atoms with Gasteiger partial charge in [0.05, 0.1) is 0 Å². The lowest BCUT2D eigenvalue weighted by molar-refractivity contribution is 0.157. The van der Waals surface area contributed by atoms with Crippen molar-refractivity contribution in [2.45, 2.75) is 37.9 Å². The molecule has 70 valence electrons. The van der Waals surface area contributed by atoms with Crippen LogP contribution in [0.4, 0.5) is 0 Å². The Balaban J connectivity index is 1.91. The molecule has 2 N–H and O–H groups in total. The van der Waals surface area contributed by atoms with Crippen LogP contribution in [-0.4, -0.2) is 41.1 Å². The van der Waals surface area contributed by atoms with Gasteiger partial charge in [-0.3, -0.25) is 4.90 Å². The van der Waals surface area contributed by atoms with Crippen LogP contribution in [0.1, 0.15) is 19.8 Å². The van der Waals surface area contributed by atoms with Crippen molar-refractivity contribution in [2.75, 3.05) is 18.1 Å². The molecule has 0 amide bonds. The largest absolute Gasteiger partial charge is 0.329 e. The second-order valence-electron chi connectivity index (χ2n) is 3.95. The predicted molar refractivity (Wildman–Crippen MR) is 54.5 cm³/mol. The molecule has 0 bridgehead atoms. The van der Waals surface area contributed by atoms with Crippen LogP contribution in [0.5, 0.6) is 0 Å². The highest BCUT2D eigenvalue weighted by atomic mass is 32.2. The van der Waals surface area contributed by atoms with Crippen LogP contribution in [-0.2, 0) is 0 Å². The van der Waals surface area contributed by atoms with Crippen molar-refractivity contribution in [3.05, 3.63) is 0 Å². The molecule has 0 spiro atoms. The van der Waals surface area contributed by atoms with E-state index >= 15 is 0 Å². The molecule has 1 aliphatic carbocycles. The van der Waals surface area contributed by atoms with E-state index in [0.717, 1.165) is 18.6 Å². The first-order chi connectivity index (χ1) is 5.83. The van der Waals surface area contributed by atoms with E-state index in [1.54, 1.807) is 0 Å². The summed E-state index contributed by atoms with van der Waals surface area (Å²) in [6.45, 7) is 3.08. The normalized spacial score (nSPS) is 27.2.